The van der Waals surface area contributed by atoms with E-state index < -0.39 is 0 Å². The van der Waals surface area contributed by atoms with Crippen LogP contribution in [0.15, 0.2) is 0 Å². The Balaban J connectivity index is 2.09. The van der Waals surface area contributed by atoms with Crippen molar-refractivity contribution < 1.29 is 0 Å². The van der Waals surface area contributed by atoms with Gasteiger partial charge in [0, 0.05) is 0 Å². The van der Waals surface area contributed by atoms with Crippen LogP contribution in [0.25, 0.3) is 0 Å². The smallest absolute Gasteiger partial charge is 0.0352 e. The quantitative estimate of drug-likeness (QED) is 0.582. The second kappa shape index (κ2) is 3.87. The zero-order valence-electron chi connectivity index (χ0n) is 10.3. The molecule has 0 amide bonds. The van der Waals surface area contributed by atoms with Crippen LogP contribution in [-0.4, -0.2) is 0 Å². The molecule has 6 atom stereocenters. The number of fused-ring (bicyclic) bond motifs is 1. The number of rotatable bonds is 1. The first-order valence-electron chi connectivity index (χ1n) is 6.65. The van der Waals surface area contributed by atoms with Crippen molar-refractivity contribution >= 4 is 0 Å². The highest BCUT2D eigenvalue weighted by Crippen LogP contribution is 2.53. The van der Waals surface area contributed by atoms with E-state index in [1.165, 1.54) is 25.7 Å². The van der Waals surface area contributed by atoms with Gasteiger partial charge >= 0.3 is 0 Å². The predicted octanol–water partition coefficient (Wildman–Crippen LogP) is 4.35. The lowest BCUT2D eigenvalue weighted by atomic mass is 9.66. The standard InChI is InChI=1S/C14H26/c1-5-12-6-7-13-10(3)9(2)8-14(13)11(12)4/h9-14H,5-8H2,1-4H3. The monoisotopic (exact) mass is 194 g/mol. The van der Waals surface area contributed by atoms with E-state index in [0.29, 0.717) is 0 Å². The van der Waals surface area contributed by atoms with Crippen molar-refractivity contribution in [1.82, 2.24) is 0 Å². The molecule has 0 nitrogen and oxygen atoms in total. The minimum atomic E-state index is 0.989. The first-order chi connectivity index (χ1) is 6.65. The fraction of sp³-hybridized carbons (Fsp3) is 1.00. The van der Waals surface area contributed by atoms with Crippen LogP contribution in [0.2, 0.25) is 0 Å². The maximum Gasteiger partial charge on any atom is -0.0352 e. The Labute approximate surface area is 89.5 Å². The molecule has 82 valence electrons. The van der Waals surface area contributed by atoms with Gasteiger partial charge in [-0.25, -0.2) is 0 Å². The van der Waals surface area contributed by atoms with Gasteiger partial charge < -0.3 is 0 Å². The molecule has 0 heteroatoms. The molecule has 2 saturated carbocycles. The van der Waals surface area contributed by atoms with Crippen LogP contribution < -0.4 is 0 Å². The molecule has 0 aliphatic heterocycles. The molecule has 0 bridgehead atoms. The summed E-state index contributed by atoms with van der Waals surface area (Å²) >= 11 is 0. The van der Waals surface area contributed by atoms with E-state index in [9.17, 15) is 0 Å². The summed E-state index contributed by atoms with van der Waals surface area (Å²) < 4.78 is 0. The fourth-order valence-corrected chi connectivity index (χ4v) is 4.31. The van der Waals surface area contributed by atoms with Gasteiger partial charge in [-0.15, -0.1) is 0 Å². The highest BCUT2D eigenvalue weighted by molar-refractivity contribution is 4.94. The van der Waals surface area contributed by atoms with Gasteiger partial charge in [0.25, 0.3) is 0 Å². The summed E-state index contributed by atoms with van der Waals surface area (Å²) in [6, 6.07) is 0. The molecule has 0 heterocycles. The van der Waals surface area contributed by atoms with E-state index in [1.54, 1.807) is 0 Å². The SMILES string of the molecule is CCC1CCC2C(C)C(C)CC2C1C. The van der Waals surface area contributed by atoms with Crippen LogP contribution in [0, 0.1) is 35.5 Å². The molecule has 0 spiro atoms. The first kappa shape index (κ1) is 10.5. The van der Waals surface area contributed by atoms with Gasteiger partial charge in [-0.05, 0) is 54.8 Å². The van der Waals surface area contributed by atoms with Crippen LogP contribution in [0.5, 0.6) is 0 Å². The maximum atomic E-state index is 2.52. The van der Waals surface area contributed by atoms with Gasteiger partial charge in [-0.2, -0.15) is 0 Å². The lowest BCUT2D eigenvalue weighted by Crippen LogP contribution is -2.31. The summed E-state index contributed by atoms with van der Waals surface area (Å²) in [5.41, 5.74) is 0. The Kier molecular flexibility index (Phi) is 2.91. The number of hydrogen-bond acceptors (Lipinski definition) is 0. The Morgan fingerprint density at radius 1 is 0.929 bits per heavy atom. The van der Waals surface area contributed by atoms with Gasteiger partial charge in [0.1, 0.15) is 0 Å². The van der Waals surface area contributed by atoms with Crippen LogP contribution in [0.3, 0.4) is 0 Å². The molecule has 0 N–H and O–H groups in total. The zero-order chi connectivity index (χ0) is 10.3. The second-order valence-electron chi connectivity index (χ2n) is 6.00. The third-order valence-electron chi connectivity index (χ3n) is 5.58. The van der Waals surface area contributed by atoms with Crippen molar-refractivity contribution in [2.75, 3.05) is 0 Å². The van der Waals surface area contributed by atoms with Crippen molar-refractivity contribution in [3.8, 4) is 0 Å². The molecule has 2 aliphatic carbocycles. The highest BCUT2D eigenvalue weighted by Gasteiger charge is 2.44. The molecule has 0 radical (unpaired) electrons. The minimum absolute atomic E-state index is 0.989. The third kappa shape index (κ3) is 1.51. The molecule has 2 rings (SSSR count). The molecule has 2 fully saturated rings. The normalized spacial score (nSPS) is 53.1. The largest absolute Gasteiger partial charge is 0.0651 e. The Hall–Kier alpha value is 0. The molecule has 0 saturated heterocycles. The van der Waals surface area contributed by atoms with E-state index in [2.05, 4.69) is 27.7 Å². The van der Waals surface area contributed by atoms with Gasteiger partial charge in [0.05, 0.1) is 0 Å². The molecule has 2 aliphatic rings. The fourth-order valence-electron chi connectivity index (χ4n) is 4.31. The zero-order valence-corrected chi connectivity index (χ0v) is 10.3. The van der Waals surface area contributed by atoms with Crippen molar-refractivity contribution in [3.63, 3.8) is 0 Å². The first-order valence-corrected chi connectivity index (χ1v) is 6.65. The van der Waals surface area contributed by atoms with Crippen LogP contribution in [0.1, 0.15) is 53.4 Å². The van der Waals surface area contributed by atoms with E-state index in [-0.39, 0.29) is 0 Å². The molecule has 0 aromatic heterocycles. The van der Waals surface area contributed by atoms with E-state index in [4.69, 9.17) is 0 Å². The van der Waals surface area contributed by atoms with Crippen LogP contribution in [0.4, 0.5) is 0 Å². The maximum absolute atomic E-state index is 2.52. The van der Waals surface area contributed by atoms with E-state index in [0.717, 1.165) is 35.5 Å². The summed E-state index contributed by atoms with van der Waals surface area (Å²) in [5.74, 6) is 6.17. The van der Waals surface area contributed by atoms with Crippen molar-refractivity contribution in [2.24, 2.45) is 35.5 Å². The molecule has 0 aromatic carbocycles. The predicted molar refractivity (Wildman–Crippen MR) is 62.1 cm³/mol. The highest BCUT2D eigenvalue weighted by atomic mass is 14.5. The van der Waals surface area contributed by atoms with E-state index >= 15 is 0 Å². The van der Waals surface area contributed by atoms with Gasteiger partial charge in [0.2, 0.25) is 0 Å². The lowest BCUT2D eigenvalue weighted by molar-refractivity contribution is 0.106. The van der Waals surface area contributed by atoms with Crippen molar-refractivity contribution in [3.05, 3.63) is 0 Å². The van der Waals surface area contributed by atoms with Gasteiger partial charge in [0.15, 0.2) is 0 Å². The molecule has 6 unspecified atom stereocenters. The lowest BCUT2D eigenvalue weighted by Gasteiger charge is -2.39. The third-order valence-corrected chi connectivity index (χ3v) is 5.58. The molecular weight excluding hydrogens is 168 g/mol. The van der Waals surface area contributed by atoms with Crippen molar-refractivity contribution in [2.45, 2.75) is 53.4 Å². The van der Waals surface area contributed by atoms with Crippen LogP contribution in [-0.2, 0) is 0 Å². The summed E-state index contributed by atoms with van der Waals surface area (Å²) in [6.07, 6.45) is 5.96. The summed E-state index contributed by atoms with van der Waals surface area (Å²) in [6.45, 7) is 9.87. The van der Waals surface area contributed by atoms with Gasteiger partial charge in [-0.3, -0.25) is 0 Å². The van der Waals surface area contributed by atoms with E-state index in [1.807, 2.05) is 0 Å². The molecule has 14 heavy (non-hydrogen) atoms. The topological polar surface area (TPSA) is 0 Å². The average molecular weight is 194 g/mol. The Bertz CT molecular complexity index is 196. The van der Waals surface area contributed by atoms with Crippen molar-refractivity contribution in [1.29, 1.82) is 0 Å². The Morgan fingerprint density at radius 2 is 1.64 bits per heavy atom. The van der Waals surface area contributed by atoms with Gasteiger partial charge in [-0.1, -0.05) is 34.1 Å². The second-order valence-corrected chi connectivity index (χ2v) is 6.00. The number of hydrogen-bond donors (Lipinski definition) is 0. The summed E-state index contributed by atoms with van der Waals surface area (Å²) in [4.78, 5) is 0. The molecule has 0 aromatic rings. The summed E-state index contributed by atoms with van der Waals surface area (Å²) in [7, 11) is 0. The summed E-state index contributed by atoms with van der Waals surface area (Å²) in [5, 5.41) is 0. The minimum Gasteiger partial charge on any atom is -0.0651 e. The van der Waals surface area contributed by atoms with Crippen LogP contribution >= 0.6 is 0 Å². The average Bonchev–Trinajstić information content (AvgIpc) is 2.46. The molecular formula is C14H26. The Morgan fingerprint density at radius 3 is 2.29 bits per heavy atom.